The third kappa shape index (κ3) is 3.11. The Labute approximate surface area is 113 Å². The van der Waals surface area contributed by atoms with Crippen LogP contribution in [-0.2, 0) is 19.7 Å². The number of sulfone groups is 2. The number of benzene rings is 1. The Bertz CT molecular complexity index is 807. The lowest BCUT2D eigenvalue weighted by Gasteiger charge is -2.07. The van der Waals surface area contributed by atoms with Gasteiger partial charge in [-0.2, -0.15) is 0 Å². The van der Waals surface area contributed by atoms with E-state index in [1.807, 2.05) is 0 Å². The third-order valence-corrected chi connectivity index (χ3v) is 4.49. The van der Waals surface area contributed by atoms with E-state index in [1.54, 1.807) is 0 Å². The summed E-state index contributed by atoms with van der Waals surface area (Å²) >= 11 is 0. The highest BCUT2D eigenvalue weighted by atomic mass is 32.2. The van der Waals surface area contributed by atoms with Crippen molar-refractivity contribution in [3.05, 3.63) is 27.8 Å². The van der Waals surface area contributed by atoms with Gasteiger partial charge in [-0.15, -0.1) is 0 Å². The van der Waals surface area contributed by atoms with E-state index in [2.05, 4.69) is 0 Å². The lowest BCUT2D eigenvalue weighted by atomic mass is 10.2. The fourth-order valence-corrected chi connectivity index (χ4v) is 3.05. The zero-order valence-electron chi connectivity index (χ0n) is 10.2. The molecule has 0 amide bonds. The molecule has 0 saturated heterocycles. The number of carboxylic acids is 1. The summed E-state index contributed by atoms with van der Waals surface area (Å²) < 4.78 is 45.9. The van der Waals surface area contributed by atoms with Crippen LogP contribution in [0, 0.1) is 10.1 Å². The van der Waals surface area contributed by atoms with Crippen LogP contribution in [0.25, 0.3) is 0 Å². The highest BCUT2D eigenvalue weighted by molar-refractivity contribution is 7.91. The van der Waals surface area contributed by atoms with Crippen LogP contribution < -0.4 is 0 Å². The van der Waals surface area contributed by atoms with Crippen LogP contribution in [0.1, 0.15) is 10.4 Å². The Morgan fingerprint density at radius 1 is 1.15 bits per heavy atom. The smallest absolute Gasteiger partial charge is 0.342 e. The summed E-state index contributed by atoms with van der Waals surface area (Å²) in [5.41, 5.74) is -2.16. The minimum absolute atomic E-state index is 0.560. The number of carbonyl (C=O) groups is 1. The monoisotopic (exact) mass is 323 g/mol. The molecule has 0 unspecified atom stereocenters. The molecule has 0 aliphatic heterocycles. The summed E-state index contributed by atoms with van der Waals surface area (Å²) in [7, 11) is -8.12. The van der Waals surface area contributed by atoms with Crippen LogP contribution in [-0.4, -0.2) is 45.3 Å². The van der Waals surface area contributed by atoms with E-state index in [0.717, 1.165) is 6.26 Å². The molecule has 9 nitrogen and oxygen atoms in total. The number of hydrogen-bond acceptors (Lipinski definition) is 7. The van der Waals surface area contributed by atoms with Gasteiger partial charge in [0.25, 0.3) is 0 Å². The Kier molecular flexibility index (Phi) is 3.87. The van der Waals surface area contributed by atoms with Crippen molar-refractivity contribution in [3.63, 3.8) is 0 Å². The largest absolute Gasteiger partial charge is 0.477 e. The van der Waals surface area contributed by atoms with E-state index < -0.39 is 51.6 Å². The van der Waals surface area contributed by atoms with Gasteiger partial charge in [0.2, 0.25) is 0 Å². The summed E-state index contributed by atoms with van der Waals surface area (Å²) in [6, 6.07) is 1.14. The lowest BCUT2D eigenvalue weighted by Crippen LogP contribution is -2.12. The van der Waals surface area contributed by atoms with E-state index in [0.29, 0.717) is 18.4 Å². The van der Waals surface area contributed by atoms with E-state index in [4.69, 9.17) is 5.11 Å². The molecule has 0 spiro atoms. The average molecular weight is 323 g/mol. The first-order chi connectivity index (χ1) is 8.85. The van der Waals surface area contributed by atoms with Crippen molar-refractivity contribution in [2.45, 2.75) is 9.79 Å². The molecule has 0 aliphatic rings. The second-order valence-electron chi connectivity index (χ2n) is 3.92. The van der Waals surface area contributed by atoms with Crippen LogP contribution in [0.4, 0.5) is 5.69 Å². The number of nitro groups is 1. The van der Waals surface area contributed by atoms with Crippen molar-refractivity contribution in [1.82, 2.24) is 0 Å². The predicted octanol–water partition coefficient (Wildman–Crippen LogP) is 0.100. The molecule has 0 radical (unpaired) electrons. The van der Waals surface area contributed by atoms with Crippen molar-refractivity contribution in [2.24, 2.45) is 0 Å². The van der Waals surface area contributed by atoms with Crippen molar-refractivity contribution in [3.8, 4) is 0 Å². The van der Waals surface area contributed by atoms with E-state index >= 15 is 0 Å². The first-order valence-electron chi connectivity index (χ1n) is 4.81. The van der Waals surface area contributed by atoms with E-state index in [1.165, 1.54) is 0 Å². The van der Waals surface area contributed by atoms with Gasteiger partial charge in [0, 0.05) is 12.5 Å². The summed E-state index contributed by atoms with van der Waals surface area (Å²) in [4.78, 5) is 19.1. The average Bonchev–Trinajstić information content (AvgIpc) is 2.24. The van der Waals surface area contributed by atoms with Gasteiger partial charge >= 0.3 is 11.7 Å². The fraction of sp³-hybridized carbons (Fsp3) is 0.222. The van der Waals surface area contributed by atoms with Crippen molar-refractivity contribution in [1.29, 1.82) is 0 Å². The molecule has 0 aliphatic carbocycles. The van der Waals surface area contributed by atoms with Gasteiger partial charge in [-0.05, 0) is 12.1 Å². The normalized spacial score (nSPS) is 12.1. The highest BCUT2D eigenvalue weighted by Crippen LogP contribution is 2.31. The van der Waals surface area contributed by atoms with Gasteiger partial charge in [0.1, 0.15) is 10.5 Å². The second kappa shape index (κ2) is 4.83. The van der Waals surface area contributed by atoms with Gasteiger partial charge in [0.05, 0.1) is 9.82 Å². The summed E-state index contributed by atoms with van der Waals surface area (Å²) in [6.45, 7) is 0. The highest BCUT2D eigenvalue weighted by Gasteiger charge is 2.32. The molecule has 0 atom stereocenters. The lowest BCUT2D eigenvalue weighted by molar-refractivity contribution is -0.388. The predicted molar refractivity (Wildman–Crippen MR) is 66.3 cm³/mol. The maximum atomic E-state index is 11.5. The van der Waals surface area contributed by atoms with Gasteiger partial charge in [0.15, 0.2) is 19.7 Å². The molecule has 0 bridgehead atoms. The van der Waals surface area contributed by atoms with Gasteiger partial charge in [-0.25, -0.2) is 21.6 Å². The maximum absolute atomic E-state index is 11.5. The van der Waals surface area contributed by atoms with Crippen LogP contribution in [0.3, 0.4) is 0 Å². The minimum atomic E-state index is -4.19. The number of nitro benzene ring substituents is 1. The number of hydrogen-bond donors (Lipinski definition) is 1. The summed E-state index contributed by atoms with van der Waals surface area (Å²) in [6.07, 6.45) is 1.35. The first kappa shape index (κ1) is 16.0. The molecule has 0 fully saturated rings. The molecule has 1 rings (SSSR count). The molecular formula is C9H9NO8S2. The number of carboxylic acid groups (broad SMARTS) is 1. The van der Waals surface area contributed by atoms with E-state index in [9.17, 15) is 31.7 Å². The fourth-order valence-electron chi connectivity index (χ4n) is 1.43. The first-order valence-corrected chi connectivity index (χ1v) is 8.60. The van der Waals surface area contributed by atoms with Crippen LogP contribution in [0.2, 0.25) is 0 Å². The van der Waals surface area contributed by atoms with Crippen LogP contribution >= 0.6 is 0 Å². The molecule has 20 heavy (non-hydrogen) atoms. The quantitative estimate of drug-likeness (QED) is 0.605. The number of aromatic carboxylic acids is 1. The molecule has 110 valence electrons. The van der Waals surface area contributed by atoms with Crippen molar-refractivity contribution >= 4 is 31.3 Å². The molecule has 0 heterocycles. The van der Waals surface area contributed by atoms with Crippen molar-refractivity contribution < 1.29 is 31.7 Å². The van der Waals surface area contributed by atoms with Crippen LogP contribution in [0.15, 0.2) is 21.9 Å². The minimum Gasteiger partial charge on any atom is -0.477 e. The Morgan fingerprint density at radius 2 is 1.65 bits per heavy atom. The van der Waals surface area contributed by atoms with Crippen LogP contribution in [0.5, 0.6) is 0 Å². The molecular weight excluding hydrogens is 314 g/mol. The Hall–Kier alpha value is -2.01. The number of rotatable bonds is 4. The maximum Gasteiger partial charge on any atom is 0.342 e. The zero-order valence-corrected chi connectivity index (χ0v) is 11.9. The molecule has 0 saturated carbocycles. The molecule has 1 aromatic carbocycles. The Balaban J connectivity index is 4.04. The second-order valence-corrected chi connectivity index (χ2v) is 7.92. The molecule has 0 aromatic heterocycles. The van der Waals surface area contributed by atoms with Gasteiger partial charge in [-0.1, -0.05) is 0 Å². The number of nitrogens with zero attached hydrogens (tertiary/aromatic N) is 1. The standard InChI is InChI=1S/C9H9NO8S2/c1-19(15,16)5-3-6(9(11)12)8(10(13)14)7(4-5)20(2,17)18/h3-4H,1-2H3,(H,11,12). The topological polar surface area (TPSA) is 149 Å². The molecule has 1 aromatic rings. The SMILES string of the molecule is CS(=O)(=O)c1cc(C(=O)O)c([N+](=O)[O-])c(S(C)(=O)=O)c1. The Morgan fingerprint density at radius 3 is 1.95 bits per heavy atom. The summed E-state index contributed by atoms with van der Waals surface area (Å²) in [5, 5.41) is 19.8. The van der Waals surface area contributed by atoms with E-state index in [-0.39, 0.29) is 0 Å². The third-order valence-electron chi connectivity index (χ3n) is 2.29. The van der Waals surface area contributed by atoms with Gasteiger partial charge < -0.3 is 5.11 Å². The molecule has 1 N–H and O–H groups in total. The summed E-state index contributed by atoms with van der Waals surface area (Å²) in [5.74, 6) is -1.80. The van der Waals surface area contributed by atoms with Gasteiger partial charge in [-0.3, -0.25) is 10.1 Å². The molecule has 11 heteroatoms. The zero-order chi connectivity index (χ0) is 15.9. The van der Waals surface area contributed by atoms with Crippen molar-refractivity contribution in [2.75, 3.05) is 12.5 Å².